The highest BCUT2D eigenvalue weighted by Crippen LogP contribution is 2.22. The van der Waals surface area contributed by atoms with E-state index in [2.05, 4.69) is 23.9 Å². The zero-order valence-corrected chi connectivity index (χ0v) is 12.5. The minimum atomic E-state index is 0.0811. The number of nitrogens with two attached hydrogens (primary N) is 1. The smallest absolute Gasteiger partial charge is 0.122 e. The second-order valence-corrected chi connectivity index (χ2v) is 5.09. The van der Waals surface area contributed by atoms with E-state index >= 15 is 0 Å². The molecule has 2 rings (SSSR count). The molecule has 108 valence electrons. The second-order valence-electron chi connectivity index (χ2n) is 5.09. The van der Waals surface area contributed by atoms with Gasteiger partial charge in [-0.1, -0.05) is 13.0 Å². The summed E-state index contributed by atoms with van der Waals surface area (Å²) >= 11 is 0. The molecule has 0 amide bonds. The van der Waals surface area contributed by atoms with E-state index in [-0.39, 0.29) is 6.04 Å². The molecule has 2 aromatic rings. The first-order chi connectivity index (χ1) is 9.63. The molecule has 0 radical (unpaired) electrons. The first-order valence-corrected chi connectivity index (χ1v) is 7.05. The van der Waals surface area contributed by atoms with Crippen molar-refractivity contribution in [1.82, 2.24) is 9.88 Å². The van der Waals surface area contributed by atoms with E-state index < -0.39 is 0 Å². The third kappa shape index (κ3) is 3.46. The van der Waals surface area contributed by atoms with Gasteiger partial charge >= 0.3 is 0 Å². The summed E-state index contributed by atoms with van der Waals surface area (Å²) in [6.07, 6.45) is 0.903. The fourth-order valence-electron chi connectivity index (χ4n) is 2.33. The van der Waals surface area contributed by atoms with E-state index in [1.807, 2.05) is 37.3 Å². The van der Waals surface area contributed by atoms with E-state index in [0.29, 0.717) is 6.54 Å². The molecule has 2 heterocycles. The highest BCUT2D eigenvalue weighted by atomic mass is 16.3. The van der Waals surface area contributed by atoms with Crippen molar-refractivity contribution in [2.45, 2.75) is 32.9 Å². The summed E-state index contributed by atoms with van der Waals surface area (Å²) in [5.41, 5.74) is 8.00. The molecular weight excluding hydrogens is 250 g/mol. The molecule has 4 nitrogen and oxygen atoms in total. The summed E-state index contributed by atoms with van der Waals surface area (Å²) in [5.74, 6) is 1.93. The van der Waals surface area contributed by atoms with Crippen LogP contribution in [0.4, 0.5) is 0 Å². The van der Waals surface area contributed by atoms with Crippen LogP contribution < -0.4 is 5.73 Å². The quantitative estimate of drug-likeness (QED) is 0.879. The Balaban J connectivity index is 2.10. The maximum atomic E-state index is 5.92. The van der Waals surface area contributed by atoms with Crippen molar-refractivity contribution in [2.75, 3.05) is 13.6 Å². The number of aromatic nitrogens is 1. The van der Waals surface area contributed by atoms with Gasteiger partial charge in [0.05, 0.1) is 11.7 Å². The van der Waals surface area contributed by atoms with Gasteiger partial charge < -0.3 is 10.2 Å². The van der Waals surface area contributed by atoms with Crippen LogP contribution in [0.2, 0.25) is 0 Å². The first-order valence-electron chi connectivity index (χ1n) is 7.05. The number of hydrogen-bond acceptors (Lipinski definition) is 4. The Morgan fingerprint density at radius 3 is 2.70 bits per heavy atom. The average molecular weight is 273 g/mol. The van der Waals surface area contributed by atoms with Crippen molar-refractivity contribution in [3.05, 3.63) is 53.2 Å². The molecule has 0 bridgehead atoms. The van der Waals surface area contributed by atoms with Crippen LogP contribution in [0.1, 0.15) is 35.9 Å². The van der Waals surface area contributed by atoms with Crippen LogP contribution >= 0.6 is 0 Å². The highest BCUT2D eigenvalue weighted by Gasteiger charge is 2.19. The van der Waals surface area contributed by atoms with Gasteiger partial charge in [0.1, 0.15) is 11.5 Å². The molecule has 0 aliphatic carbocycles. The fraction of sp³-hybridized carbons (Fsp3) is 0.438. The van der Waals surface area contributed by atoms with Crippen LogP contribution in [0.5, 0.6) is 0 Å². The molecule has 4 heteroatoms. The van der Waals surface area contributed by atoms with Gasteiger partial charge in [-0.05, 0) is 38.2 Å². The number of nitrogens with zero attached hydrogens (tertiary/aromatic N) is 2. The second kappa shape index (κ2) is 6.68. The minimum absolute atomic E-state index is 0.0811. The lowest BCUT2D eigenvalue weighted by atomic mass is 10.2. The molecule has 0 saturated heterocycles. The van der Waals surface area contributed by atoms with Crippen molar-refractivity contribution < 1.29 is 4.42 Å². The SMILES string of the molecule is CCc1ccc(C(CN)N(C)Cc2cccc(C)n2)o1. The number of pyridine rings is 1. The maximum absolute atomic E-state index is 5.92. The molecule has 2 aromatic heterocycles. The Kier molecular flexibility index (Phi) is 4.93. The van der Waals surface area contributed by atoms with Gasteiger partial charge in [0, 0.05) is 25.2 Å². The highest BCUT2D eigenvalue weighted by molar-refractivity contribution is 5.13. The lowest BCUT2D eigenvalue weighted by molar-refractivity contribution is 0.208. The molecule has 0 saturated carbocycles. The number of furan rings is 1. The zero-order valence-electron chi connectivity index (χ0n) is 12.5. The van der Waals surface area contributed by atoms with E-state index in [1.165, 1.54) is 0 Å². The molecule has 0 aliphatic heterocycles. The summed E-state index contributed by atoms with van der Waals surface area (Å²) in [6, 6.07) is 10.2. The van der Waals surface area contributed by atoms with Gasteiger partial charge in [-0.3, -0.25) is 9.88 Å². The molecule has 20 heavy (non-hydrogen) atoms. The Labute approximate surface area is 120 Å². The summed E-state index contributed by atoms with van der Waals surface area (Å²) in [4.78, 5) is 6.71. The van der Waals surface area contributed by atoms with Crippen molar-refractivity contribution in [3.63, 3.8) is 0 Å². The minimum Gasteiger partial charge on any atom is -0.464 e. The first kappa shape index (κ1) is 14.8. The van der Waals surface area contributed by atoms with Gasteiger partial charge in [-0.15, -0.1) is 0 Å². The van der Waals surface area contributed by atoms with Crippen molar-refractivity contribution in [2.24, 2.45) is 5.73 Å². The van der Waals surface area contributed by atoms with Gasteiger partial charge in [0.2, 0.25) is 0 Å². The molecule has 1 atom stereocenters. The number of likely N-dealkylation sites (N-methyl/N-ethyl adjacent to an activating group) is 1. The topological polar surface area (TPSA) is 55.3 Å². The van der Waals surface area contributed by atoms with E-state index in [9.17, 15) is 0 Å². The van der Waals surface area contributed by atoms with Crippen LogP contribution in [-0.2, 0) is 13.0 Å². The van der Waals surface area contributed by atoms with E-state index in [1.54, 1.807) is 0 Å². The molecule has 1 unspecified atom stereocenters. The molecular formula is C16H23N3O. The summed E-state index contributed by atoms with van der Waals surface area (Å²) in [5, 5.41) is 0. The van der Waals surface area contributed by atoms with Crippen LogP contribution in [0.25, 0.3) is 0 Å². The van der Waals surface area contributed by atoms with Crippen LogP contribution in [0.3, 0.4) is 0 Å². The largest absolute Gasteiger partial charge is 0.464 e. The third-order valence-corrected chi connectivity index (χ3v) is 3.47. The molecule has 0 spiro atoms. The average Bonchev–Trinajstić information content (AvgIpc) is 2.88. The monoisotopic (exact) mass is 273 g/mol. The van der Waals surface area contributed by atoms with E-state index in [4.69, 9.17) is 10.2 Å². The predicted molar refractivity (Wildman–Crippen MR) is 80.3 cm³/mol. The summed E-state index contributed by atoms with van der Waals surface area (Å²) in [6.45, 7) is 5.37. The number of aryl methyl sites for hydroxylation is 2. The Bertz CT molecular complexity index is 550. The Morgan fingerprint density at radius 1 is 1.30 bits per heavy atom. The normalized spacial score (nSPS) is 12.8. The molecule has 0 fully saturated rings. The van der Waals surface area contributed by atoms with Crippen molar-refractivity contribution in [1.29, 1.82) is 0 Å². The van der Waals surface area contributed by atoms with Gasteiger partial charge in [0.25, 0.3) is 0 Å². The Hall–Kier alpha value is -1.65. The predicted octanol–water partition coefficient (Wildman–Crippen LogP) is 2.68. The number of rotatable bonds is 6. The Morgan fingerprint density at radius 2 is 2.10 bits per heavy atom. The molecule has 0 aliphatic rings. The van der Waals surface area contributed by atoms with E-state index in [0.717, 1.165) is 35.9 Å². The summed E-state index contributed by atoms with van der Waals surface area (Å²) < 4.78 is 5.83. The lowest BCUT2D eigenvalue weighted by Gasteiger charge is -2.25. The standard InChI is InChI=1S/C16H23N3O/c1-4-14-8-9-16(20-14)15(10-17)19(3)11-13-7-5-6-12(2)18-13/h5-9,15H,4,10-11,17H2,1-3H3. The van der Waals surface area contributed by atoms with Crippen LogP contribution in [0.15, 0.2) is 34.7 Å². The number of hydrogen-bond donors (Lipinski definition) is 1. The maximum Gasteiger partial charge on any atom is 0.122 e. The summed E-state index contributed by atoms with van der Waals surface area (Å²) in [7, 11) is 2.05. The van der Waals surface area contributed by atoms with Gasteiger partial charge in [-0.25, -0.2) is 0 Å². The van der Waals surface area contributed by atoms with Gasteiger partial charge in [-0.2, -0.15) is 0 Å². The lowest BCUT2D eigenvalue weighted by Crippen LogP contribution is -2.30. The fourth-order valence-corrected chi connectivity index (χ4v) is 2.33. The molecule has 2 N–H and O–H groups in total. The van der Waals surface area contributed by atoms with Gasteiger partial charge in [0.15, 0.2) is 0 Å². The van der Waals surface area contributed by atoms with Crippen molar-refractivity contribution in [3.8, 4) is 0 Å². The third-order valence-electron chi connectivity index (χ3n) is 3.47. The van der Waals surface area contributed by atoms with Crippen LogP contribution in [0, 0.1) is 6.92 Å². The van der Waals surface area contributed by atoms with Crippen LogP contribution in [-0.4, -0.2) is 23.5 Å². The molecule has 0 aromatic carbocycles. The zero-order chi connectivity index (χ0) is 14.5. The van der Waals surface area contributed by atoms with Crippen molar-refractivity contribution >= 4 is 0 Å².